The van der Waals surface area contributed by atoms with Gasteiger partial charge in [0, 0.05) is 12.5 Å². The van der Waals surface area contributed by atoms with E-state index >= 15 is 0 Å². The highest BCUT2D eigenvalue weighted by molar-refractivity contribution is 6.33. The standard InChI is InChI=1S/C14H13ClN4O/c1-3-9-4-5-10(12(15)6-9)13-11(7-16)14(19-18-13)17-8(2)20/h4-6H,3H2,1-2H3,(H2,17,18,19,20). The van der Waals surface area contributed by atoms with E-state index in [0.29, 0.717) is 16.3 Å². The maximum Gasteiger partial charge on any atom is 0.222 e. The van der Waals surface area contributed by atoms with Crippen molar-refractivity contribution in [2.24, 2.45) is 0 Å². The summed E-state index contributed by atoms with van der Waals surface area (Å²) in [6.07, 6.45) is 0.880. The van der Waals surface area contributed by atoms with Gasteiger partial charge in [-0.25, -0.2) is 0 Å². The largest absolute Gasteiger partial charge is 0.308 e. The average molecular weight is 289 g/mol. The first kappa shape index (κ1) is 14.1. The fourth-order valence-electron chi connectivity index (χ4n) is 1.88. The highest BCUT2D eigenvalue weighted by Crippen LogP contribution is 2.32. The van der Waals surface area contributed by atoms with Gasteiger partial charge in [-0.05, 0) is 18.1 Å². The Kier molecular flexibility index (Phi) is 4.06. The molecule has 0 aliphatic carbocycles. The fraction of sp³-hybridized carbons (Fsp3) is 0.214. The second-order valence-electron chi connectivity index (χ2n) is 4.28. The van der Waals surface area contributed by atoms with Crippen LogP contribution >= 0.6 is 11.6 Å². The molecule has 6 heteroatoms. The van der Waals surface area contributed by atoms with Crippen molar-refractivity contribution >= 4 is 23.3 Å². The number of carbonyl (C=O) groups is 1. The van der Waals surface area contributed by atoms with E-state index in [-0.39, 0.29) is 17.3 Å². The SMILES string of the molecule is CCc1ccc(-c2[nH]nc(NC(C)=O)c2C#N)c(Cl)c1. The first-order valence-corrected chi connectivity index (χ1v) is 6.49. The Labute approximate surface area is 121 Å². The van der Waals surface area contributed by atoms with Crippen LogP contribution in [0, 0.1) is 11.3 Å². The molecule has 5 nitrogen and oxygen atoms in total. The number of H-pyrrole nitrogens is 1. The van der Waals surface area contributed by atoms with Crippen LogP contribution in [0.4, 0.5) is 5.82 Å². The van der Waals surface area contributed by atoms with Crippen LogP contribution in [-0.4, -0.2) is 16.1 Å². The number of aromatic amines is 1. The summed E-state index contributed by atoms with van der Waals surface area (Å²) < 4.78 is 0. The quantitative estimate of drug-likeness (QED) is 0.910. The third-order valence-electron chi connectivity index (χ3n) is 2.88. The van der Waals surface area contributed by atoms with Crippen LogP contribution in [0.5, 0.6) is 0 Å². The Morgan fingerprint density at radius 1 is 1.55 bits per heavy atom. The Bertz CT molecular complexity index is 700. The van der Waals surface area contributed by atoms with Gasteiger partial charge in [-0.3, -0.25) is 9.89 Å². The van der Waals surface area contributed by atoms with E-state index in [1.165, 1.54) is 6.92 Å². The van der Waals surface area contributed by atoms with Gasteiger partial charge in [0.05, 0.1) is 10.7 Å². The molecule has 2 aromatic rings. The van der Waals surface area contributed by atoms with Crippen molar-refractivity contribution in [1.29, 1.82) is 5.26 Å². The van der Waals surface area contributed by atoms with Crippen molar-refractivity contribution < 1.29 is 4.79 Å². The molecule has 1 aromatic carbocycles. The molecule has 0 radical (unpaired) electrons. The number of aromatic nitrogens is 2. The molecule has 0 saturated carbocycles. The minimum atomic E-state index is -0.285. The Morgan fingerprint density at radius 3 is 2.85 bits per heavy atom. The number of nitrogens with zero attached hydrogens (tertiary/aromatic N) is 2. The van der Waals surface area contributed by atoms with Crippen LogP contribution in [0.25, 0.3) is 11.3 Å². The number of aryl methyl sites for hydroxylation is 1. The number of halogens is 1. The summed E-state index contributed by atoms with van der Waals surface area (Å²) in [7, 11) is 0. The van der Waals surface area contributed by atoms with Gasteiger partial charge in [0.25, 0.3) is 0 Å². The number of benzene rings is 1. The van der Waals surface area contributed by atoms with E-state index in [0.717, 1.165) is 12.0 Å². The molecular formula is C14H13ClN4O. The molecule has 1 heterocycles. The smallest absolute Gasteiger partial charge is 0.222 e. The van der Waals surface area contributed by atoms with Crippen molar-refractivity contribution in [3.8, 4) is 17.3 Å². The molecule has 0 bridgehead atoms. The Morgan fingerprint density at radius 2 is 2.30 bits per heavy atom. The molecule has 0 fully saturated rings. The van der Waals surface area contributed by atoms with Gasteiger partial charge in [0.15, 0.2) is 5.82 Å². The van der Waals surface area contributed by atoms with E-state index in [2.05, 4.69) is 15.5 Å². The van der Waals surface area contributed by atoms with Gasteiger partial charge in [-0.2, -0.15) is 10.4 Å². The van der Waals surface area contributed by atoms with Crippen molar-refractivity contribution in [3.05, 3.63) is 34.3 Å². The number of anilines is 1. The molecular weight excluding hydrogens is 276 g/mol. The number of nitriles is 1. The summed E-state index contributed by atoms with van der Waals surface area (Å²) in [5.74, 6) is -0.0717. The fourth-order valence-corrected chi connectivity index (χ4v) is 2.18. The molecule has 0 spiro atoms. The lowest BCUT2D eigenvalue weighted by molar-refractivity contribution is -0.114. The van der Waals surface area contributed by atoms with Crippen molar-refractivity contribution in [2.75, 3.05) is 5.32 Å². The van der Waals surface area contributed by atoms with Crippen LogP contribution in [-0.2, 0) is 11.2 Å². The summed E-state index contributed by atoms with van der Waals surface area (Å²) in [4.78, 5) is 11.1. The van der Waals surface area contributed by atoms with Crippen LogP contribution < -0.4 is 5.32 Å². The van der Waals surface area contributed by atoms with Gasteiger partial charge in [-0.1, -0.05) is 30.7 Å². The maximum absolute atomic E-state index is 11.1. The van der Waals surface area contributed by atoms with Gasteiger partial charge in [0.1, 0.15) is 11.6 Å². The lowest BCUT2D eigenvalue weighted by Crippen LogP contribution is -2.07. The van der Waals surface area contributed by atoms with Gasteiger partial charge in [0.2, 0.25) is 5.91 Å². The van der Waals surface area contributed by atoms with Crippen molar-refractivity contribution in [1.82, 2.24) is 10.2 Å². The zero-order chi connectivity index (χ0) is 14.7. The van der Waals surface area contributed by atoms with Crippen LogP contribution in [0.3, 0.4) is 0 Å². The number of carbonyl (C=O) groups excluding carboxylic acids is 1. The summed E-state index contributed by atoms with van der Waals surface area (Å²) in [6, 6.07) is 7.68. The molecule has 0 atom stereocenters. The highest BCUT2D eigenvalue weighted by Gasteiger charge is 2.17. The minimum absolute atomic E-state index is 0.214. The van der Waals surface area contributed by atoms with Crippen molar-refractivity contribution in [3.63, 3.8) is 0 Å². The van der Waals surface area contributed by atoms with Crippen LogP contribution in [0.1, 0.15) is 25.0 Å². The van der Waals surface area contributed by atoms with E-state index in [1.807, 2.05) is 31.2 Å². The monoisotopic (exact) mass is 288 g/mol. The lowest BCUT2D eigenvalue weighted by atomic mass is 10.0. The van der Waals surface area contributed by atoms with Gasteiger partial charge >= 0.3 is 0 Å². The third-order valence-corrected chi connectivity index (χ3v) is 3.20. The zero-order valence-corrected chi connectivity index (χ0v) is 11.9. The number of amides is 1. The second kappa shape index (κ2) is 5.76. The number of rotatable bonds is 3. The molecule has 2 N–H and O–H groups in total. The Hall–Kier alpha value is -2.32. The number of nitrogens with one attached hydrogen (secondary N) is 2. The zero-order valence-electron chi connectivity index (χ0n) is 11.1. The number of hydrogen-bond donors (Lipinski definition) is 2. The van der Waals surface area contributed by atoms with Crippen LogP contribution in [0.2, 0.25) is 5.02 Å². The summed E-state index contributed by atoms with van der Waals surface area (Å²) in [6.45, 7) is 3.40. The minimum Gasteiger partial charge on any atom is -0.308 e. The van der Waals surface area contributed by atoms with E-state index in [9.17, 15) is 10.1 Å². The summed E-state index contributed by atoms with van der Waals surface area (Å²) in [5.41, 5.74) is 2.57. The molecule has 102 valence electrons. The molecule has 1 aromatic heterocycles. The van der Waals surface area contributed by atoms with E-state index in [4.69, 9.17) is 11.6 Å². The third kappa shape index (κ3) is 2.65. The van der Waals surface area contributed by atoms with Gasteiger partial charge < -0.3 is 5.32 Å². The molecule has 0 aliphatic rings. The molecule has 0 unspecified atom stereocenters. The maximum atomic E-state index is 11.1. The predicted octanol–water partition coefficient (Wildman–Crippen LogP) is 3.12. The molecule has 0 aliphatic heterocycles. The molecule has 0 saturated heterocycles. The topological polar surface area (TPSA) is 81.6 Å². The van der Waals surface area contributed by atoms with Gasteiger partial charge in [-0.15, -0.1) is 0 Å². The molecule has 2 rings (SSSR count). The summed E-state index contributed by atoms with van der Waals surface area (Å²) >= 11 is 6.24. The highest BCUT2D eigenvalue weighted by atomic mass is 35.5. The normalized spacial score (nSPS) is 10.1. The molecule has 1 amide bonds. The average Bonchev–Trinajstić information content (AvgIpc) is 2.80. The first-order chi connectivity index (χ1) is 9.56. The summed E-state index contributed by atoms with van der Waals surface area (Å²) in [5, 5.41) is 19.0. The first-order valence-electron chi connectivity index (χ1n) is 6.11. The lowest BCUT2D eigenvalue weighted by Gasteiger charge is -2.05. The predicted molar refractivity (Wildman–Crippen MR) is 77.4 cm³/mol. The Balaban J connectivity index is 2.51. The number of hydrogen-bond acceptors (Lipinski definition) is 3. The molecule has 20 heavy (non-hydrogen) atoms. The van der Waals surface area contributed by atoms with E-state index < -0.39 is 0 Å². The van der Waals surface area contributed by atoms with E-state index in [1.54, 1.807) is 0 Å². The van der Waals surface area contributed by atoms with Crippen LogP contribution in [0.15, 0.2) is 18.2 Å². The second-order valence-corrected chi connectivity index (χ2v) is 4.69. The van der Waals surface area contributed by atoms with Crippen molar-refractivity contribution in [2.45, 2.75) is 20.3 Å².